The van der Waals surface area contributed by atoms with Crippen LogP contribution in [-0.4, -0.2) is 26.0 Å². The fourth-order valence-electron chi connectivity index (χ4n) is 1.63. The van der Waals surface area contributed by atoms with Crippen LogP contribution in [0.4, 0.5) is 11.5 Å². The van der Waals surface area contributed by atoms with Gasteiger partial charge in [0.15, 0.2) is 0 Å². The molecule has 0 atom stereocenters. The van der Waals surface area contributed by atoms with Crippen molar-refractivity contribution < 1.29 is 19.2 Å². The fourth-order valence-corrected chi connectivity index (χ4v) is 1.63. The number of nitro groups is 1. The summed E-state index contributed by atoms with van der Waals surface area (Å²) in [6.45, 7) is 3.67. The van der Waals surface area contributed by atoms with Gasteiger partial charge in [-0.25, -0.2) is 14.8 Å². The Morgan fingerprint density at radius 3 is 2.76 bits per heavy atom. The van der Waals surface area contributed by atoms with Crippen molar-refractivity contribution >= 4 is 17.5 Å². The second kappa shape index (κ2) is 5.57. The summed E-state index contributed by atoms with van der Waals surface area (Å²) >= 11 is 0. The van der Waals surface area contributed by atoms with Crippen molar-refractivity contribution in [2.45, 2.75) is 20.4 Å². The van der Waals surface area contributed by atoms with Crippen molar-refractivity contribution in [2.75, 3.05) is 5.32 Å². The molecule has 0 amide bonds. The fraction of sp³-hybridized carbons (Fsp3) is 0.250. The topological polar surface area (TPSA) is 131 Å². The molecular weight excluding hydrogens is 280 g/mol. The van der Waals surface area contributed by atoms with Gasteiger partial charge in [-0.2, -0.15) is 0 Å². The number of rotatable bonds is 5. The maximum atomic E-state index is 11.1. The van der Waals surface area contributed by atoms with Crippen LogP contribution in [0.3, 0.4) is 0 Å². The zero-order valence-electron chi connectivity index (χ0n) is 11.3. The third kappa shape index (κ3) is 3.14. The monoisotopic (exact) mass is 292 g/mol. The van der Waals surface area contributed by atoms with Gasteiger partial charge in [0.25, 0.3) is 5.69 Å². The average molecular weight is 292 g/mol. The molecule has 0 fully saturated rings. The van der Waals surface area contributed by atoms with Gasteiger partial charge in [-0.05, 0) is 13.8 Å². The zero-order chi connectivity index (χ0) is 15.6. The van der Waals surface area contributed by atoms with Crippen LogP contribution in [-0.2, 0) is 6.54 Å². The van der Waals surface area contributed by atoms with Gasteiger partial charge >= 0.3 is 5.97 Å². The highest BCUT2D eigenvalue weighted by molar-refractivity contribution is 5.93. The third-order valence-corrected chi connectivity index (χ3v) is 2.79. The minimum atomic E-state index is -1.31. The predicted octanol–water partition coefficient (Wildman–Crippen LogP) is 1.90. The first-order valence-corrected chi connectivity index (χ1v) is 5.93. The molecule has 110 valence electrons. The second-order valence-corrected chi connectivity index (χ2v) is 4.25. The molecule has 2 N–H and O–H groups in total. The van der Waals surface area contributed by atoms with Gasteiger partial charge in [0, 0.05) is 6.07 Å². The van der Waals surface area contributed by atoms with E-state index in [1.807, 2.05) is 0 Å². The van der Waals surface area contributed by atoms with Crippen molar-refractivity contribution in [1.82, 2.24) is 9.97 Å². The molecule has 0 aliphatic carbocycles. The van der Waals surface area contributed by atoms with Crippen LogP contribution in [0.5, 0.6) is 0 Å². The zero-order valence-corrected chi connectivity index (χ0v) is 11.3. The normalized spacial score (nSPS) is 10.4. The lowest BCUT2D eigenvalue weighted by Gasteiger charge is -2.06. The van der Waals surface area contributed by atoms with Gasteiger partial charge in [0.05, 0.1) is 17.2 Å². The Balaban J connectivity index is 2.23. The van der Waals surface area contributed by atoms with Crippen molar-refractivity contribution in [3.8, 4) is 0 Å². The van der Waals surface area contributed by atoms with E-state index in [1.165, 1.54) is 0 Å². The Labute approximate surface area is 118 Å². The molecule has 0 aliphatic heterocycles. The number of anilines is 1. The van der Waals surface area contributed by atoms with Crippen LogP contribution < -0.4 is 5.32 Å². The SMILES string of the molecule is Cc1nc(CNc2ncc([N+](=O)[O-])cc2C(=O)O)oc1C. The van der Waals surface area contributed by atoms with E-state index in [4.69, 9.17) is 9.52 Å². The highest BCUT2D eigenvalue weighted by atomic mass is 16.6. The number of aryl methyl sites for hydroxylation is 2. The highest BCUT2D eigenvalue weighted by Gasteiger charge is 2.18. The first-order valence-electron chi connectivity index (χ1n) is 5.93. The molecule has 0 unspecified atom stereocenters. The molecule has 0 spiro atoms. The maximum Gasteiger partial charge on any atom is 0.339 e. The summed E-state index contributed by atoms with van der Waals surface area (Å²) in [7, 11) is 0. The lowest BCUT2D eigenvalue weighted by molar-refractivity contribution is -0.385. The Kier molecular flexibility index (Phi) is 3.83. The molecular formula is C12H12N4O5. The first kappa shape index (κ1) is 14.4. The first-order chi connectivity index (χ1) is 9.88. The molecule has 2 heterocycles. The van der Waals surface area contributed by atoms with Crippen molar-refractivity contribution in [2.24, 2.45) is 0 Å². The molecule has 0 radical (unpaired) electrons. The van der Waals surface area contributed by atoms with E-state index in [0.717, 1.165) is 18.0 Å². The van der Waals surface area contributed by atoms with E-state index in [0.29, 0.717) is 11.7 Å². The van der Waals surface area contributed by atoms with Gasteiger partial charge in [-0.1, -0.05) is 0 Å². The Morgan fingerprint density at radius 2 is 2.24 bits per heavy atom. The number of hydrogen-bond acceptors (Lipinski definition) is 7. The third-order valence-electron chi connectivity index (χ3n) is 2.79. The van der Waals surface area contributed by atoms with E-state index in [1.54, 1.807) is 13.8 Å². The molecule has 2 aromatic heterocycles. The standard InChI is InChI=1S/C12H12N4O5/c1-6-7(2)21-10(15-6)5-14-11-9(12(17)18)3-8(4-13-11)16(19)20/h3-4H,5H2,1-2H3,(H,13,14)(H,17,18). The van der Waals surface area contributed by atoms with E-state index >= 15 is 0 Å². The number of aromatic nitrogens is 2. The van der Waals surface area contributed by atoms with E-state index in [2.05, 4.69) is 15.3 Å². The predicted molar refractivity (Wildman–Crippen MR) is 71.2 cm³/mol. The summed E-state index contributed by atoms with van der Waals surface area (Å²) in [5.74, 6) is -0.251. The average Bonchev–Trinajstić information content (AvgIpc) is 2.75. The molecule has 0 bridgehead atoms. The summed E-state index contributed by atoms with van der Waals surface area (Å²) in [5, 5.41) is 22.5. The molecule has 0 saturated carbocycles. The lowest BCUT2D eigenvalue weighted by atomic mass is 10.2. The maximum absolute atomic E-state index is 11.1. The quantitative estimate of drug-likeness (QED) is 0.630. The molecule has 2 aromatic rings. The molecule has 9 nitrogen and oxygen atoms in total. The van der Waals surface area contributed by atoms with Crippen molar-refractivity contribution in [3.05, 3.63) is 45.3 Å². The highest BCUT2D eigenvalue weighted by Crippen LogP contribution is 2.20. The summed E-state index contributed by atoms with van der Waals surface area (Å²) in [4.78, 5) is 28.9. The Bertz CT molecular complexity index is 690. The van der Waals surface area contributed by atoms with Crippen LogP contribution in [0.2, 0.25) is 0 Å². The summed E-state index contributed by atoms with van der Waals surface area (Å²) in [6, 6.07) is 0.948. The lowest BCUT2D eigenvalue weighted by Crippen LogP contribution is -2.09. The largest absolute Gasteiger partial charge is 0.478 e. The van der Waals surface area contributed by atoms with Gasteiger partial charge in [-0.3, -0.25) is 10.1 Å². The van der Waals surface area contributed by atoms with Gasteiger partial charge in [-0.15, -0.1) is 0 Å². The van der Waals surface area contributed by atoms with Crippen LogP contribution in [0, 0.1) is 24.0 Å². The molecule has 0 saturated heterocycles. The summed E-state index contributed by atoms with van der Waals surface area (Å²) < 4.78 is 5.34. The van der Waals surface area contributed by atoms with E-state index < -0.39 is 10.9 Å². The number of pyridine rings is 1. The number of nitrogens with one attached hydrogen (secondary N) is 1. The molecule has 0 aliphatic rings. The van der Waals surface area contributed by atoms with Gasteiger partial charge < -0.3 is 14.8 Å². The van der Waals surface area contributed by atoms with E-state index in [9.17, 15) is 14.9 Å². The van der Waals surface area contributed by atoms with Gasteiger partial charge in [0.1, 0.15) is 23.3 Å². The van der Waals surface area contributed by atoms with Gasteiger partial charge in [0.2, 0.25) is 5.89 Å². The van der Waals surface area contributed by atoms with Crippen LogP contribution in [0.25, 0.3) is 0 Å². The number of aromatic carboxylic acids is 1. The molecule has 2 rings (SSSR count). The number of hydrogen-bond donors (Lipinski definition) is 2. The van der Waals surface area contributed by atoms with Crippen LogP contribution in [0.15, 0.2) is 16.7 Å². The van der Waals surface area contributed by atoms with E-state index in [-0.39, 0.29) is 23.6 Å². The number of carboxylic acids is 1. The van der Waals surface area contributed by atoms with Crippen LogP contribution in [0.1, 0.15) is 27.7 Å². The smallest absolute Gasteiger partial charge is 0.339 e. The van der Waals surface area contributed by atoms with Crippen molar-refractivity contribution in [1.29, 1.82) is 0 Å². The number of nitrogens with zero attached hydrogens (tertiary/aromatic N) is 3. The summed E-state index contributed by atoms with van der Waals surface area (Å²) in [5.41, 5.74) is 0.0619. The van der Waals surface area contributed by atoms with Crippen molar-refractivity contribution in [3.63, 3.8) is 0 Å². The minimum Gasteiger partial charge on any atom is -0.478 e. The Hall–Kier alpha value is -2.97. The molecule has 9 heteroatoms. The number of carboxylic acid groups (broad SMARTS) is 1. The van der Waals surface area contributed by atoms with Crippen LogP contribution >= 0.6 is 0 Å². The number of oxazole rings is 1. The summed E-state index contributed by atoms with van der Waals surface area (Å²) in [6.07, 6.45) is 0.987. The Morgan fingerprint density at radius 1 is 1.52 bits per heavy atom. The minimum absolute atomic E-state index is 0.0154. The number of carbonyl (C=O) groups is 1. The molecule has 0 aromatic carbocycles. The second-order valence-electron chi connectivity index (χ2n) is 4.25. The molecule has 21 heavy (non-hydrogen) atoms.